The van der Waals surface area contributed by atoms with Crippen LogP contribution in [0.3, 0.4) is 0 Å². The fourth-order valence-corrected chi connectivity index (χ4v) is 3.24. The van der Waals surface area contributed by atoms with Crippen LogP contribution in [0.4, 0.5) is 5.69 Å². The molecule has 0 saturated carbocycles. The predicted molar refractivity (Wildman–Crippen MR) is 112 cm³/mol. The molecule has 0 saturated heterocycles. The van der Waals surface area contributed by atoms with E-state index in [1.807, 2.05) is 87.1 Å². The third-order valence-corrected chi connectivity index (χ3v) is 5.02. The fraction of sp³-hybridized carbons (Fsp3) is 0.227. The van der Waals surface area contributed by atoms with Gasteiger partial charge in [0.2, 0.25) is 11.8 Å². The molecule has 148 valence electrons. The van der Waals surface area contributed by atoms with E-state index in [-0.39, 0.29) is 11.6 Å². The summed E-state index contributed by atoms with van der Waals surface area (Å²) in [5.74, 6) is 0.884. The Morgan fingerprint density at radius 3 is 2.38 bits per heavy atom. The Bertz CT molecular complexity index is 1190. The van der Waals surface area contributed by atoms with Crippen molar-refractivity contribution in [2.45, 2.75) is 26.8 Å². The lowest BCUT2D eigenvalue weighted by atomic mass is 10.1. The number of nitrogens with one attached hydrogen (secondary N) is 1. The van der Waals surface area contributed by atoms with Crippen molar-refractivity contribution in [1.29, 1.82) is 0 Å². The van der Waals surface area contributed by atoms with Gasteiger partial charge in [0, 0.05) is 12.6 Å². The van der Waals surface area contributed by atoms with E-state index in [2.05, 4.69) is 15.5 Å². The molecule has 2 aromatic carbocycles. The summed E-state index contributed by atoms with van der Waals surface area (Å²) in [5.41, 5.74) is 4.05. The van der Waals surface area contributed by atoms with Gasteiger partial charge in [-0.05, 0) is 45.0 Å². The van der Waals surface area contributed by atoms with Crippen LogP contribution in [-0.4, -0.2) is 19.6 Å². The molecule has 2 aromatic heterocycles. The molecule has 1 unspecified atom stereocenters. The number of aryl methyl sites for hydroxylation is 1. The number of benzene rings is 2. The molecule has 7 nitrogen and oxygen atoms in total. The molecule has 4 aromatic rings. The topological polar surface area (TPSA) is 77.9 Å². The number of hydrogen-bond acceptors (Lipinski definition) is 5. The number of hydrogen-bond donors (Lipinski definition) is 1. The van der Waals surface area contributed by atoms with Gasteiger partial charge in [-0.1, -0.05) is 35.9 Å². The monoisotopic (exact) mass is 389 g/mol. The number of nitrogens with zero attached hydrogens (tertiary/aromatic N) is 4. The van der Waals surface area contributed by atoms with Crippen LogP contribution >= 0.6 is 0 Å². The number of rotatable bonds is 5. The van der Waals surface area contributed by atoms with Gasteiger partial charge in [0.1, 0.15) is 11.7 Å². The molecule has 1 atom stereocenters. The van der Waals surface area contributed by atoms with Gasteiger partial charge in [0.15, 0.2) is 0 Å². The molecule has 7 heteroatoms. The second-order valence-corrected chi connectivity index (χ2v) is 7.11. The first-order valence-electron chi connectivity index (χ1n) is 9.46. The molecule has 0 aliphatic heterocycles. The molecule has 0 spiro atoms. The van der Waals surface area contributed by atoms with Gasteiger partial charge in [0.05, 0.1) is 11.4 Å². The minimum atomic E-state index is -0.320. The Balaban J connectivity index is 1.62. The first-order chi connectivity index (χ1) is 14.0. The molecule has 4 rings (SSSR count). The maximum absolute atomic E-state index is 13.0. The molecule has 2 heterocycles. The SMILES string of the molecule is Cc1ccc(-c2nnc(C(C)Nc3c(C)n(C)n(-c4ccccc4)c3=O)o2)cc1. The lowest BCUT2D eigenvalue weighted by Crippen LogP contribution is -2.21. The smallest absolute Gasteiger partial charge is 0.295 e. The molecular weight excluding hydrogens is 366 g/mol. The minimum Gasteiger partial charge on any atom is -0.418 e. The highest BCUT2D eigenvalue weighted by Crippen LogP contribution is 2.24. The van der Waals surface area contributed by atoms with Gasteiger partial charge >= 0.3 is 0 Å². The molecule has 0 aliphatic rings. The number of para-hydroxylation sites is 1. The van der Waals surface area contributed by atoms with Crippen molar-refractivity contribution in [2.75, 3.05) is 5.32 Å². The quantitative estimate of drug-likeness (QED) is 0.558. The van der Waals surface area contributed by atoms with Crippen LogP contribution < -0.4 is 10.9 Å². The number of aromatic nitrogens is 4. The van der Waals surface area contributed by atoms with Crippen LogP contribution in [0, 0.1) is 13.8 Å². The highest BCUT2D eigenvalue weighted by Gasteiger charge is 2.21. The van der Waals surface area contributed by atoms with E-state index in [9.17, 15) is 4.79 Å². The summed E-state index contributed by atoms with van der Waals surface area (Å²) in [6.45, 7) is 5.83. The Hall–Kier alpha value is -3.61. The van der Waals surface area contributed by atoms with Crippen LogP contribution in [0.1, 0.15) is 30.1 Å². The largest absolute Gasteiger partial charge is 0.418 e. The van der Waals surface area contributed by atoms with Crippen LogP contribution in [0.15, 0.2) is 63.8 Å². The number of anilines is 1. The molecule has 1 N–H and O–H groups in total. The van der Waals surface area contributed by atoms with Gasteiger partial charge in [-0.3, -0.25) is 9.48 Å². The molecule has 0 amide bonds. The van der Waals surface area contributed by atoms with E-state index in [0.29, 0.717) is 17.5 Å². The maximum atomic E-state index is 13.0. The van der Waals surface area contributed by atoms with Crippen LogP contribution in [0.2, 0.25) is 0 Å². The predicted octanol–water partition coefficient (Wildman–Crippen LogP) is 4.02. The van der Waals surface area contributed by atoms with Crippen molar-refractivity contribution in [3.8, 4) is 17.1 Å². The van der Waals surface area contributed by atoms with Gasteiger partial charge < -0.3 is 9.73 Å². The molecule has 0 radical (unpaired) electrons. The first kappa shape index (κ1) is 18.7. The zero-order chi connectivity index (χ0) is 20.5. The maximum Gasteiger partial charge on any atom is 0.295 e. The average molecular weight is 389 g/mol. The molecular formula is C22H23N5O2. The molecule has 0 bridgehead atoms. The first-order valence-corrected chi connectivity index (χ1v) is 9.46. The summed E-state index contributed by atoms with van der Waals surface area (Å²) in [4.78, 5) is 13.0. The van der Waals surface area contributed by atoms with Crippen molar-refractivity contribution in [2.24, 2.45) is 7.05 Å². The van der Waals surface area contributed by atoms with Gasteiger partial charge in [-0.15, -0.1) is 10.2 Å². The highest BCUT2D eigenvalue weighted by molar-refractivity contribution is 5.53. The summed E-state index contributed by atoms with van der Waals surface area (Å²) in [6, 6.07) is 17.1. The summed E-state index contributed by atoms with van der Waals surface area (Å²) in [5, 5.41) is 11.6. The van der Waals surface area contributed by atoms with Gasteiger partial charge in [0.25, 0.3) is 5.56 Å². The Morgan fingerprint density at radius 2 is 1.69 bits per heavy atom. The van der Waals surface area contributed by atoms with Crippen LogP contribution in [-0.2, 0) is 7.05 Å². The summed E-state index contributed by atoms with van der Waals surface area (Å²) in [6.07, 6.45) is 0. The van der Waals surface area contributed by atoms with Gasteiger partial charge in [-0.2, -0.15) is 0 Å². The zero-order valence-electron chi connectivity index (χ0n) is 16.9. The second kappa shape index (κ2) is 7.43. The van der Waals surface area contributed by atoms with E-state index in [1.54, 1.807) is 4.68 Å². The van der Waals surface area contributed by atoms with E-state index in [1.165, 1.54) is 0 Å². The third-order valence-electron chi connectivity index (χ3n) is 5.02. The minimum absolute atomic E-state index is 0.124. The van der Waals surface area contributed by atoms with Crippen molar-refractivity contribution in [3.05, 3.63) is 82.1 Å². The van der Waals surface area contributed by atoms with Crippen LogP contribution in [0.25, 0.3) is 17.1 Å². The zero-order valence-corrected chi connectivity index (χ0v) is 16.9. The summed E-state index contributed by atoms with van der Waals surface area (Å²) >= 11 is 0. The third kappa shape index (κ3) is 3.47. The van der Waals surface area contributed by atoms with Crippen molar-refractivity contribution in [1.82, 2.24) is 19.6 Å². The second-order valence-electron chi connectivity index (χ2n) is 7.11. The normalized spacial score (nSPS) is 12.1. The Morgan fingerprint density at radius 1 is 1.00 bits per heavy atom. The Kier molecular flexibility index (Phi) is 4.80. The highest BCUT2D eigenvalue weighted by atomic mass is 16.4. The lowest BCUT2D eigenvalue weighted by molar-refractivity contribution is 0.485. The molecule has 29 heavy (non-hydrogen) atoms. The summed E-state index contributed by atoms with van der Waals surface area (Å²) < 4.78 is 9.31. The Labute approximate surface area is 168 Å². The molecule has 0 fully saturated rings. The van der Waals surface area contributed by atoms with Crippen molar-refractivity contribution in [3.63, 3.8) is 0 Å². The van der Waals surface area contributed by atoms with E-state index in [0.717, 1.165) is 22.5 Å². The lowest BCUT2D eigenvalue weighted by Gasteiger charge is -2.09. The van der Waals surface area contributed by atoms with Crippen molar-refractivity contribution < 1.29 is 4.42 Å². The van der Waals surface area contributed by atoms with E-state index in [4.69, 9.17) is 4.42 Å². The van der Waals surface area contributed by atoms with E-state index < -0.39 is 0 Å². The fourth-order valence-electron chi connectivity index (χ4n) is 3.24. The van der Waals surface area contributed by atoms with Crippen molar-refractivity contribution >= 4 is 5.69 Å². The van der Waals surface area contributed by atoms with E-state index >= 15 is 0 Å². The standard InChI is InChI=1S/C22H23N5O2/c1-14-10-12-17(13-11-14)21-25-24-20(29-21)15(2)23-19-16(3)26(4)27(22(19)28)18-8-6-5-7-9-18/h5-13,15,23H,1-4H3. The molecule has 0 aliphatic carbocycles. The van der Waals surface area contributed by atoms with Gasteiger partial charge in [-0.25, -0.2) is 4.68 Å². The average Bonchev–Trinajstić information content (AvgIpc) is 3.29. The van der Waals surface area contributed by atoms with Crippen LogP contribution in [0.5, 0.6) is 0 Å². The summed E-state index contributed by atoms with van der Waals surface area (Å²) in [7, 11) is 1.86.